The summed E-state index contributed by atoms with van der Waals surface area (Å²) in [4.78, 5) is 13.9. The Morgan fingerprint density at radius 2 is 2.30 bits per heavy atom. The van der Waals surface area contributed by atoms with Crippen molar-refractivity contribution in [3.05, 3.63) is 0 Å². The van der Waals surface area contributed by atoms with Crippen LogP contribution < -0.4 is 5.32 Å². The molecular formula is C15H28N2O3. The SMILES string of the molecule is CC1CCCN(C(=O)NCCCOCC2CCCO2)C1. The van der Waals surface area contributed by atoms with Crippen LogP contribution in [0.25, 0.3) is 0 Å². The Kier molecular flexibility index (Phi) is 6.60. The monoisotopic (exact) mass is 284 g/mol. The lowest BCUT2D eigenvalue weighted by molar-refractivity contribution is 0.0167. The minimum absolute atomic E-state index is 0.0793. The fourth-order valence-electron chi connectivity index (χ4n) is 2.85. The molecule has 2 atom stereocenters. The molecule has 2 heterocycles. The minimum atomic E-state index is 0.0793. The van der Waals surface area contributed by atoms with Crippen LogP contribution in [0.3, 0.4) is 0 Å². The van der Waals surface area contributed by atoms with E-state index in [1.165, 1.54) is 6.42 Å². The molecule has 5 heteroatoms. The van der Waals surface area contributed by atoms with Crippen molar-refractivity contribution < 1.29 is 14.3 Å². The second-order valence-corrected chi connectivity index (χ2v) is 5.99. The third-order valence-electron chi connectivity index (χ3n) is 4.01. The van der Waals surface area contributed by atoms with Crippen LogP contribution in [-0.4, -0.2) is 56.5 Å². The van der Waals surface area contributed by atoms with Crippen molar-refractivity contribution in [2.24, 2.45) is 5.92 Å². The van der Waals surface area contributed by atoms with Gasteiger partial charge in [0.25, 0.3) is 0 Å². The molecule has 0 radical (unpaired) electrons. The van der Waals surface area contributed by atoms with E-state index in [4.69, 9.17) is 9.47 Å². The van der Waals surface area contributed by atoms with Crippen LogP contribution in [0.1, 0.15) is 39.0 Å². The third-order valence-corrected chi connectivity index (χ3v) is 4.01. The molecule has 0 spiro atoms. The van der Waals surface area contributed by atoms with E-state index in [1.54, 1.807) is 0 Å². The zero-order chi connectivity index (χ0) is 14.2. The van der Waals surface area contributed by atoms with Gasteiger partial charge < -0.3 is 19.7 Å². The van der Waals surface area contributed by atoms with E-state index in [9.17, 15) is 4.79 Å². The van der Waals surface area contributed by atoms with Gasteiger partial charge in [-0.15, -0.1) is 0 Å². The number of carbonyl (C=O) groups excluding carboxylic acids is 1. The maximum Gasteiger partial charge on any atom is 0.317 e. The van der Waals surface area contributed by atoms with Crippen molar-refractivity contribution in [2.75, 3.05) is 39.5 Å². The highest BCUT2D eigenvalue weighted by Gasteiger charge is 2.20. The zero-order valence-electron chi connectivity index (χ0n) is 12.6. The topological polar surface area (TPSA) is 50.8 Å². The molecule has 2 amide bonds. The molecule has 0 aromatic heterocycles. The second-order valence-electron chi connectivity index (χ2n) is 5.99. The Morgan fingerprint density at radius 3 is 3.05 bits per heavy atom. The molecule has 5 nitrogen and oxygen atoms in total. The lowest BCUT2D eigenvalue weighted by atomic mass is 10.0. The smallest absolute Gasteiger partial charge is 0.317 e. The molecule has 1 N–H and O–H groups in total. The van der Waals surface area contributed by atoms with Gasteiger partial charge in [0.15, 0.2) is 0 Å². The quantitative estimate of drug-likeness (QED) is 0.759. The van der Waals surface area contributed by atoms with Crippen LogP contribution in [-0.2, 0) is 9.47 Å². The van der Waals surface area contributed by atoms with Gasteiger partial charge in [0, 0.05) is 32.8 Å². The van der Waals surface area contributed by atoms with E-state index in [0.717, 1.165) is 45.4 Å². The summed E-state index contributed by atoms with van der Waals surface area (Å²) in [6.07, 6.45) is 5.78. The number of ether oxygens (including phenoxy) is 2. The maximum absolute atomic E-state index is 11.9. The fraction of sp³-hybridized carbons (Fsp3) is 0.933. The number of urea groups is 1. The van der Waals surface area contributed by atoms with Crippen LogP contribution in [0.2, 0.25) is 0 Å². The predicted molar refractivity (Wildman–Crippen MR) is 77.8 cm³/mol. The Morgan fingerprint density at radius 1 is 1.40 bits per heavy atom. The van der Waals surface area contributed by atoms with E-state index >= 15 is 0 Å². The first-order valence-corrected chi connectivity index (χ1v) is 7.98. The van der Waals surface area contributed by atoms with Gasteiger partial charge in [-0.3, -0.25) is 0 Å². The number of hydrogen-bond donors (Lipinski definition) is 1. The number of nitrogens with one attached hydrogen (secondary N) is 1. The summed E-state index contributed by atoms with van der Waals surface area (Å²) < 4.78 is 11.1. The number of nitrogens with zero attached hydrogens (tertiary/aromatic N) is 1. The number of amides is 2. The number of rotatable bonds is 6. The second kappa shape index (κ2) is 8.47. The molecule has 0 aromatic carbocycles. The first kappa shape index (κ1) is 15.6. The van der Waals surface area contributed by atoms with Crippen LogP contribution in [0.5, 0.6) is 0 Å². The van der Waals surface area contributed by atoms with Gasteiger partial charge in [0.05, 0.1) is 12.7 Å². The van der Waals surface area contributed by atoms with Crippen LogP contribution in [0.15, 0.2) is 0 Å². The molecule has 0 bridgehead atoms. The lowest BCUT2D eigenvalue weighted by Gasteiger charge is -2.30. The Hall–Kier alpha value is -0.810. The van der Waals surface area contributed by atoms with Gasteiger partial charge in [-0.05, 0) is 38.0 Å². The van der Waals surface area contributed by atoms with E-state index in [0.29, 0.717) is 31.8 Å². The molecule has 2 rings (SSSR count). The first-order chi connectivity index (χ1) is 9.75. The predicted octanol–water partition coefficient (Wildman–Crippen LogP) is 2.01. The summed E-state index contributed by atoms with van der Waals surface area (Å²) in [5, 5.41) is 2.98. The highest BCUT2D eigenvalue weighted by Crippen LogP contribution is 2.15. The summed E-state index contributed by atoms with van der Waals surface area (Å²) in [6, 6.07) is 0.0793. The molecule has 0 aliphatic carbocycles. The minimum Gasteiger partial charge on any atom is -0.379 e. The van der Waals surface area contributed by atoms with E-state index < -0.39 is 0 Å². The van der Waals surface area contributed by atoms with Crippen LogP contribution in [0.4, 0.5) is 4.79 Å². The van der Waals surface area contributed by atoms with Crippen molar-refractivity contribution in [3.8, 4) is 0 Å². The molecule has 2 fully saturated rings. The van der Waals surface area contributed by atoms with Gasteiger partial charge in [0.2, 0.25) is 0 Å². The summed E-state index contributed by atoms with van der Waals surface area (Å²) in [7, 11) is 0. The average Bonchev–Trinajstić information content (AvgIpc) is 2.95. The number of hydrogen-bond acceptors (Lipinski definition) is 3. The molecule has 116 valence electrons. The largest absolute Gasteiger partial charge is 0.379 e. The summed E-state index contributed by atoms with van der Waals surface area (Å²) in [5.74, 6) is 0.629. The van der Waals surface area contributed by atoms with Gasteiger partial charge in [-0.2, -0.15) is 0 Å². The number of likely N-dealkylation sites (tertiary alicyclic amines) is 1. The molecular weight excluding hydrogens is 256 g/mol. The first-order valence-electron chi connectivity index (χ1n) is 7.98. The van der Waals surface area contributed by atoms with Crippen molar-refractivity contribution in [1.82, 2.24) is 10.2 Å². The molecule has 0 aromatic rings. The Balaban J connectivity index is 1.46. The average molecular weight is 284 g/mol. The van der Waals surface area contributed by atoms with E-state index in [-0.39, 0.29) is 6.03 Å². The van der Waals surface area contributed by atoms with Crippen molar-refractivity contribution in [1.29, 1.82) is 0 Å². The van der Waals surface area contributed by atoms with E-state index in [1.807, 2.05) is 4.90 Å². The van der Waals surface area contributed by atoms with Gasteiger partial charge in [-0.25, -0.2) is 4.79 Å². The summed E-state index contributed by atoms with van der Waals surface area (Å²) >= 11 is 0. The highest BCUT2D eigenvalue weighted by molar-refractivity contribution is 5.74. The van der Waals surface area contributed by atoms with Crippen molar-refractivity contribution in [2.45, 2.75) is 45.1 Å². The normalized spacial score (nSPS) is 26.8. The summed E-state index contributed by atoms with van der Waals surface area (Å²) in [5.41, 5.74) is 0. The maximum atomic E-state index is 11.9. The molecule has 2 aliphatic rings. The van der Waals surface area contributed by atoms with Gasteiger partial charge in [-0.1, -0.05) is 6.92 Å². The third kappa shape index (κ3) is 5.29. The molecule has 0 saturated carbocycles. The van der Waals surface area contributed by atoms with Crippen LogP contribution in [0, 0.1) is 5.92 Å². The zero-order valence-corrected chi connectivity index (χ0v) is 12.6. The Labute approximate surface area is 122 Å². The molecule has 20 heavy (non-hydrogen) atoms. The van der Waals surface area contributed by atoms with Crippen LogP contribution >= 0.6 is 0 Å². The van der Waals surface area contributed by atoms with Gasteiger partial charge >= 0.3 is 6.03 Å². The van der Waals surface area contributed by atoms with Gasteiger partial charge in [0.1, 0.15) is 0 Å². The number of piperidine rings is 1. The Bertz CT molecular complexity index is 293. The fourth-order valence-corrected chi connectivity index (χ4v) is 2.85. The standard InChI is InChI=1S/C15H28N2O3/c1-13-5-2-8-17(11-13)15(18)16-7-4-9-19-12-14-6-3-10-20-14/h13-14H,2-12H2,1H3,(H,16,18). The molecule has 2 aliphatic heterocycles. The van der Waals surface area contributed by atoms with Crippen molar-refractivity contribution >= 4 is 6.03 Å². The molecule has 2 unspecified atom stereocenters. The number of carbonyl (C=O) groups is 1. The summed E-state index contributed by atoms with van der Waals surface area (Å²) in [6.45, 7) is 6.94. The highest BCUT2D eigenvalue weighted by atomic mass is 16.5. The van der Waals surface area contributed by atoms with E-state index in [2.05, 4.69) is 12.2 Å². The van der Waals surface area contributed by atoms with Crippen molar-refractivity contribution in [3.63, 3.8) is 0 Å². The molecule has 2 saturated heterocycles. The lowest BCUT2D eigenvalue weighted by Crippen LogP contribution is -2.45.